The molecule has 1 aromatic rings. The van der Waals surface area contributed by atoms with Gasteiger partial charge < -0.3 is 15.4 Å². The molecule has 0 saturated carbocycles. The third kappa shape index (κ3) is 5.84. The predicted molar refractivity (Wildman–Crippen MR) is 78.8 cm³/mol. The topological polar surface area (TPSA) is 67.4 Å². The van der Waals surface area contributed by atoms with Crippen LogP contribution in [-0.2, 0) is 9.53 Å². The molecule has 0 heterocycles. The molecule has 5 heteroatoms. The van der Waals surface area contributed by atoms with Crippen LogP contribution in [0.5, 0.6) is 0 Å². The molecule has 0 atom stereocenters. The lowest BCUT2D eigenvalue weighted by atomic mass is 10.2. The lowest BCUT2D eigenvalue weighted by molar-refractivity contribution is -0.125. The van der Waals surface area contributed by atoms with E-state index in [9.17, 15) is 9.59 Å². The summed E-state index contributed by atoms with van der Waals surface area (Å²) in [6, 6.07) is 6.73. The molecule has 1 rings (SSSR count). The van der Waals surface area contributed by atoms with Gasteiger partial charge in [0.2, 0.25) is 5.91 Å². The summed E-state index contributed by atoms with van der Waals surface area (Å²) < 4.78 is 5.38. The van der Waals surface area contributed by atoms with Crippen molar-refractivity contribution in [1.82, 2.24) is 5.32 Å². The first-order chi connectivity index (χ1) is 9.31. The van der Waals surface area contributed by atoms with Gasteiger partial charge in [-0.15, -0.1) is 0 Å². The van der Waals surface area contributed by atoms with Crippen LogP contribution in [0.3, 0.4) is 0 Å². The van der Waals surface area contributed by atoms with Crippen LogP contribution in [0.4, 0.5) is 5.69 Å². The van der Waals surface area contributed by atoms with E-state index in [0.717, 1.165) is 0 Å². The number of nitrogens with one attached hydrogen (secondary N) is 2. The van der Waals surface area contributed by atoms with Crippen molar-refractivity contribution in [2.75, 3.05) is 18.5 Å². The fraction of sp³-hybridized carbons (Fsp3) is 0.467. The molecule has 5 nitrogen and oxygen atoms in total. The smallest absolute Gasteiger partial charge is 0.251 e. The van der Waals surface area contributed by atoms with E-state index in [1.54, 1.807) is 24.3 Å². The maximum Gasteiger partial charge on any atom is 0.251 e. The fourth-order valence-electron chi connectivity index (χ4n) is 1.45. The molecule has 0 radical (unpaired) electrons. The van der Waals surface area contributed by atoms with Crippen molar-refractivity contribution in [3.8, 4) is 0 Å². The predicted octanol–water partition coefficient (Wildman–Crippen LogP) is 2.19. The van der Waals surface area contributed by atoms with Crippen LogP contribution in [0, 0.1) is 0 Å². The Kier molecular flexibility index (Phi) is 5.70. The first kappa shape index (κ1) is 16.2. The Bertz CT molecular complexity index is 461. The van der Waals surface area contributed by atoms with Gasteiger partial charge in [0.15, 0.2) is 0 Å². The van der Waals surface area contributed by atoms with Gasteiger partial charge in [-0.3, -0.25) is 9.59 Å². The van der Waals surface area contributed by atoms with Crippen molar-refractivity contribution >= 4 is 17.5 Å². The average molecular weight is 278 g/mol. The number of ether oxygens (including phenoxy) is 1. The zero-order valence-corrected chi connectivity index (χ0v) is 12.4. The molecule has 0 aliphatic rings. The molecular formula is C15H22N2O3. The molecule has 110 valence electrons. The summed E-state index contributed by atoms with van der Waals surface area (Å²) in [6.45, 7) is 8.12. The minimum atomic E-state index is -0.348. The van der Waals surface area contributed by atoms with Crippen LogP contribution in [0.2, 0.25) is 0 Å². The van der Waals surface area contributed by atoms with Crippen molar-refractivity contribution in [1.29, 1.82) is 0 Å². The van der Waals surface area contributed by atoms with Gasteiger partial charge in [-0.05, 0) is 52.0 Å². The third-order valence-corrected chi connectivity index (χ3v) is 2.40. The molecular weight excluding hydrogens is 256 g/mol. The van der Waals surface area contributed by atoms with Gasteiger partial charge in [0.1, 0.15) is 6.61 Å². The summed E-state index contributed by atoms with van der Waals surface area (Å²) in [5, 5.41) is 5.43. The average Bonchev–Trinajstić information content (AvgIpc) is 2.37. The van der Waals surface area contributed by atoms with E-state index in [0.29, 0.717) is 17.8 Å². The Hall–Kier alpha value is -1.88. The third-order valence-electron chi connectivity index (χ3n) is 2.40. The van der Waals surface area contributed by atoms with Crippen molar-refractivity contribution in [3.63, 3.8) is 0 Å². The number of hydrogen-bond acceptors (Lipinski definition) is 3. The minimum absolute atomic E-state index is 0.00156. The van der Waals surface area contributed by atoms with Crippen molar-refractivity contribution in [2.24, 2.45) is 0 Å². The molecule has 0 aliphatic carbocycles. The van der Waals surface area contributed by atoms with E-state index in [4.69, 9.17) is 4.74 Å². The standard InChI is InChI=1S/C15H22N2O3/c1-5-16-14(19)11-6-8-12(9-7-11)17-13(18)10-20-15(2,3)4/h6-9H,5,10H2,1-4H3,(H,16,19)(H,17,18). The maximum atomic E-state index is 11.7. The number of carbonyl (C=O) groups is 2. The number of rotatable bonds is 5. The Morgan fingerprint density at radius 1 is 1.15 bits per heavy atom. The van der Waals surface area contributed by atoms with Gasteiger partial charge in [-0.1, -0.05) is 0 Å². The van der Waals surface area contributed by atoms with E-state index in [2.05, 4.69) is 10.6 Å². The molecule has 2 N–H and O–H groups in total. The molecule has 0 unspecified atom stereocenters. The molecule has 20 heavy (non-hydrogen) atoms. The molecule has 0 aromatic heterocycles. The normalized spacial score (nSPS) is 11.0. The molecule has 0 spiro atoms. The van der Waals surface area contributed by atoms with Gasteiger partial charge in [0.05, 0.1) is 5.60 Å². The minimum Gasteiger partial charge on any atom is -0.366 e. The summed E-state index contributed by atoms with van der Waals surface area (Å²) in [5.74, 6) is -0.341. The molecule has 0 fully saturated rings. The summed E-state index contributed by atoms with van der Waals surface area (Å²) in [6.07, 6.45) is 0. The summed E-state index contributed by atoms with van der Waals surface area (Å²) in [5.41, 5.74) is 0.857. The highest BCUT2D eigenvalue weighted by molar-refractivity contribution is 5.96. The summed E-state index contributed by atoms with van der Waals surface area (Å²) in [4.78, 5) is 23.2. The quantitative estimate of drug-likeness (QED) is 0.867. The SMILES string of the molecule is CCNC(=O)c1ccc(NC(=O)COC(C)(C)C)cc1. The monoisotopic (exact) mass is 278 g/mol. The molecule has 2 amide bonds. The lowest BCUT2D eigenvalue weighted by Gasteiger charge is -2.19. The van der Waals surface area contributed by atoms with Crippen molar-refractivity contribution in [2.45, 2.75) is 33.3 Å². The number of carbonyl (C=O) groups excluding carboxylic acids is 2. The van der Waals surface area contributed by atoms with Crippen LogP contribution in [0.1, 0.15) is 38.1 Å². The molecule has 0 saturated heterocycles. The maximum absolute atomic E-state index is 11.7. The number of benzene rings is 1. The van der Waals surface area contributed by atoms with E-state index >= 15 is 0 Å². The summed E-state index contributed by atoms with van der Waals surface area (Å²) in [7, 11) is 0. The fourth-order valence-corrected chi connectivity index (χ4v) is 1.45. The molecule has 0 bridgehead atoms. The number of hydrogen-bond donors (Lipinski definition) is 2. The lowest BCUT2D eigenvalue weighted by Crippen LogP contribution is -2.27. The van der Waals surface area contributed by atoms with Crippen molar-refractivity contribution < 1.29 is 14.3 Å². The second-order valence-electron chi connectivity index (χ2n) is 5.39. The zero-order valence-electron chi connectivity index (χ0n) is 12.4. The second kappa shape index (κ2) is 7.05. The highest BCUT2D eigenvalue weighted by Gasteiger charge is 2.13. The van der Waals surface area contributed by atoms with Crippen molar-refractivity contribution in [3.05, 3.63) is 29.8 Å². The molecule has 0 aliphatic heterocycles. The Morgan fingerprint density at radius 3 is 2.25 bits per heavy atom. The highest BCUT2D eigenvalue weighted by atomic mass is 16.5. The van der Waals surface area contributed by atoms with E-state index in [1.807, 2.05) is 27.7 Å². The van der Waals surface area contributed by atoms with Gasteiger partial charge in [-0.2, -0.15) is 0 Å². The number of anilines is 1. The van der Waals surface area contributed by atoms with Crippen LogP contribution in [0.25, 0.3) is 0 Å². The number of amides is 2. The first-order valence-electron chi connectivity index (χ1n) is 6.64. The largest absolute Gasteiger partial charge is 0.366 e. The van der Waals surface area contributed by atoms with E-state index in [-0.39, 0.29) is 24.0 Å². The van der Waals surface area contributed by atoms with Crippen LogP contribution in [-0.4, -0.2) is 30.6 Å². The van der Waals surface area contributed by atoms with Crippen LogP contribution < -0.4 is 10.6 Å². The van der Waals surface area contributed by atoms with Crippen LogP contribution >= 0.6 is 0 Å². The Morgan fingerprint density at radius 2 is 1.75 bits per heavy atom. The summed E-state index contributed by atoms with van der Waals surface area (Å²) >= 11 is 0. The van der Waals surface area contributed by atoms with E-state index < -0.39 is 0 Å². The van der Waals surface area contributed by atoms with Crippen LogP contribution in [0.15, 0.2) is 24.3 Å². The highest BCUT2D eigenvalue weighted by Crippen LogP contribution is 2.11. The Labute approximate surface area is 119 Å². The zero-order chi connectivity index (χ0) is 15.2. The second-order valence-corrected chi connectivity index (χ2v) is 5.39. The van der Waals surface area contributed by atoms with E-state index in [1.165, 1.54) is 0 Å². The molecule has 1 aromatic carbocycles. The van der Waals surface area contributed by atoms with Gasteiger partial charge in [-0.25, -0.2) is 0 Å². The Balaban J connectivity index is 2.53. The van der Waals surface area contributed by atoms with Gasteiger partial charge in [0, 0.05) is 17.8 Å². The van der Waals surface area contributed by atoms with Gasteiger partial charge in [0.25, 0.3) is 5.91 Å². The first-order valence-corrected chi connectivity index (χ1v) is 6.64. The van der Waals surface area contributed by atoms with Gasteiger partial charge >= 0.3 is 0 Å².